The number of guanidine groups is 1. The Morgan fingerprint density at radius 1 is 1.38 bits per heavy atom. The Morgan fingerprint density at radius 3 is 2.67 bits per heavy atom. The largest absolute Gasteiger partial charge is 0.382 e. The lowest BCUT2D eigenvalue weighted by Crippen LogP contribution is -2.44. The highest BCUT2D eigenvalue weighted by molar-refractivity contribution is 14.0. The molecule has 0 radical (unpaired) electrons. The number of hydrogen-bond acceptors (Lipinski definition) is 5. The molecule has 126 valence electrons. The fourth-order valence-electron chi connectivity index (χ4n) is 1.88. The van der Waals surface area contributed by atoms with Crippen LogP contribution in [0.3, 0.4) is 0 Å². The van der Waals surface area contributed by atoms with Crippen molar-refractivity contribution in [3.05, 3.63) is 0 Å². The fraction of sp³-hybridized carbons (Fsp3) is 0.917. The van der Waals surface area contributed by atoms with Crippen molar-refractivity contribution in [1.29, 1.82) is 0 Å². The van der Waals surface area contributed by atoms with E-state index in [2.05, 4.69) is 15.2 Å². The topological polar surface area (TPSA) is 97.0 Å². The fourth-order valence-corrected chi connectivity index (χ4v) is 3.16. The summed E-state index contributed by atoms with van der Waals surface area (Å²) < 4.78 is 27.8. The molecule has 9 heteroatoms. The van der Waals surface area contributed by atoms with Gasteiger partial charge in [0.25, 0.3) is 0 Å². The van der Waals surface area contributed by atoms with Crippen LogP contribution in [0.25, 0.3) is 0 Å². The van der Waals surface area contributed by atoms with Crippen LogP contribution in [-0.2, 0) is 14.6 Å². The molecule has 0 aromatic carbocycles. The van der Waals surface area contributed by atoms with Crippen molar-refractivity contribution in [3.8, 4) is 0 Å². The maximum absolute atomic E-state index is 11.3. The van der Waals surface area contributed by atoms with Crippen molar-refractivity contribution < 1.29 is 13.2 Å². The summed E-state index contributed by atoms with van der Waals surface area (Å²) in [5.41, 5.74) is 5.73. The van der Waals surface area contributed by atoms with Gasteiger partial charge in [0.15, 0.2) is 15.8 Å². The van der Waals surface area contributed by atoms with E-state index < -0.39 is 9.84 Å². The molecule has 0 aromatic rings. The predicted molar refractivity (Wildman–Crippen MR) is 96.1 cm³/mol. The molecule has 1 rings (SSSR count). The van der Waals surface area contributed by atoms with E-state index in [1.807, 2.05) is 6.92 Å². The van der Waals surface area contributed by atoms with Gasteiger partial charge in [0.05, 0.1) is 11.5 Å². The van der Waals surface area contributed by atoms with Crippen molar-refractivity contribution in [3.63, 3.8) is 0 Å². The number of hydrogen-bond donors (Lipinski definition) is 2. The van der Waals surface area contributed by atoms with Gasteiger partial charge in [-0.2, -0.15) is 0 Å². The maximum Gasteiger partial charge on any atom is 0.188 e. The lowest BCUT2D eigenvalue weighted by atomic mass is 10.4. The van der Waals surface area contributed by atoms with Crippen LogP contribution < -0.4 is 11.1 Å². The minimum atomic E-state index is -2.80. The second-order valence-electron chi connectivity index (χ2n) is 4.74. The Labute approximate surface area is 144 Å². The number of halogens is 1. The smallest absolute Gasteiger partial charge is 0.188 e. The summed E-state index contributed by atoms with van der Waals surface area (Å²) in [6.45, 7) is 6.72. The normalized spacial score (nSPS) is 19.0. The summed E-state index contributed by atoms with van der Waals surface area (Å²) in [5, 5.41) is 3.04. The molecule has 21 heavy (non-hydrogen) atoms. The highest BCUT2D eigenvalue weighted by atomic mass is 127. The Morgan fingerprint density at radius 2 is 2.05 bits per heavy atom. The van der Waals surface area contributed by atoms with Crippen molar-refractivity contribution in [2.75, 3.05) is 57.4 Å². The number of sulfone groups is 1. The van der Waals surface area contributed by atoms with Crippen molar-refractivity contribution >= 4 is 39.8 Å². The molecule has 0 bridgehead atoms. The van der Waals surface area contributed by atoms with Crippen LogP contribution in [0.1, 0.15) is 13.3 Å². The molecule has 0 saturated carbocycles. The van der Waals surface area contributed by atoms with Crippen LogP contribution in [0, 0.1) is 0 Å². The molecule has 1 heterocycles. The average molecular weight is 434 g/mol. The second kappa shape index (κ2) is 11.4. The quantitative estimate of drug-likeness (QED) is 0.235. The molecule has 1 fully saturated rings. The minimum absolute atomic E-state index is 0. The summed E-state index contributed by atoms with van der Waals surface area (Å²) in [6, 6.07) is 0. The lowest BCUT2D eigenvalue weighted by molar-refractivity contribution is 0.146. The van der Waals surface area contributed by atoms with Crippen molar-refractivity contribution in [2.24, 2.45) is 10.7 Å². The van der Waals surface area contributed by atoms with Crippen LogP contribution in [0.5, 0.6) is 0 Å². The second-order valence-corrected chi connectivity index (χ2v) is 7.04. The number of aliphatic imine (C=N–C) groups is 1. The van der Waals surface area contributed by atoms with E-state index in [-0.39, 0.29) is 35.5 Å². The first-order chi connectivity index (χ1) is 9.53. The lowest BCUT2D eigenvalue weighted by Gasteiger charge is -2.26. The molecule has 0 amide bonds. The Kier molecular flexibility index (Phi) is 11.4. The highest BCUT2D eigenvalue weighted by Crippen LogP contribution is 2.02. The summed E-state index contributed by atoms with van der Waals surface area (Å²) in [4.78, 5) is 6.31. The summed E-state index contributed by atoms with van der Waals surface area (Å²) in [6.07, 6.45) is 0.861. The third-order valence-electron chi connectivity index (χ3n) is 3.10. The van der Waals surface area contributed by atoms with Crippen LogP contribution in [0.15, 0.2) is 4.99 Å². The van der Waals surface area contributed by atoms with Gasteiger partial charge in [-0.25, -0.2) is 8.42 Å². The van der Waals surface area contributed by atoms with E-state index in [0.717, 1.165) is 19.6 Å². The van der Waals surface area contributed by atoms with Crippen LogP contribution >= 0.6 is 24.0 Å². The van der Waals surface area contributed by atoms with Gasteiger partial charge >= 0.3 is 0 Å². The monoisotopic (exact) mass is 434 g/mol. The zero-order valence-electron chi connectivity index (χ0n) is 12.6. The van der Waals surface area contributed by atoms with E-state index in [4.69, 9.17) is 10.5 Å². The van der Waals surface area contributed by atoms with E-state index in [9.17, 15) is 8.42 Å². The molecule has 1 saturated heterocycles. The maximum atomic E-state index is 11.3. The van der Waals surface area contributed by atoms with Gasteiger partial charge in [-0.1, -0.05) is 0 Å². The van der Waals surface area contributed by atoms with Gasteiger partial charge < -0.3 is 15.8 Å². The van der Waals surface area contributed by atoms with Crippen LogP contribution in [0.4, 0.5) is 0 Å². The molecular formula is C12H27IN4O3S. The van der Waals surface area contributed by atoms with Crippen molar-refractivity contribution in [1.82, 2.24) is 10.2 Å². The van der Waals surface area contributed by atoms with Gasteiger partial charge in [-0.05, 0) is 13.3 Å². The van der Waals surface area contributed by atoms with E-state index in [1.165, 1.54) is 0 Å². The summed E-state index contributed by atoms with van der Waals surface area (Å²) in [7, 11) is -2.80. The Hall–Kier alpha value is -0.130. The number of nitrogens with one attached hydrogen (secondary N) is 1. The number of nitrogens with zero attached hydrogens (tertiary/aromatic N) is 2. The summed E-state index contributed by atoms with van der Waals surface area (Å²) in [5.74, 6) is 0.952. The average Bonchev–Trinajstić information content (AvgIpc) is 2.40. The Bertz CT molecular complexity index is 389. The van der Waals surface area contributed by atoms with E-state index in [1.54, 1.807) is 0 Å². The predicted octanol–water partition coefficient (Wildman–Crippen LogP) is -0.334. The van der Waals surface area contributed by atoms with Gasteiger partial charge in [-0.15, -0.1) is 24.0 Å². The number of nitrogens with two attached hydrogens (primary N) is 1. The Balaban J connectivity index is 0.00000400. The van der Waals surface area contributed by atoms with Gasteiger partial charge in [0.1, 0.15) is 0 Å². The first-order valence-electron chi connectivity index (χ1n) is 7.08. The standard InChI is InChI=1S/C12H26N4O3S.HI/c1-2-19-9-3-4-14-12(13)15-5-6-16-7-10-20(17,18)11-8-16;/h2-11H2,1H3,(H3,13,14,15);1H. The molecule has 0 unspecified atom stereocenters. The number of ether oxygens (including phenoxy) is 1. The third kappa shape index (κ3) is 10.3. The third-order valence-corrected chi connectivity index (χ3v) is 4.71. The molecule has 1 aliphatic heterocycles. The molecule has 0 aliphatic carbocycles. The first-order valence-corrected chi connectivity index (χ1v) is 8.90. The minimum Gasteiger partial charge on any atom is -0.382 e. The van der Waals surface area contributed by atoms with Gasteiger partial charge in [0.2, 0.25) is 0 Å². The number of rotatable bonds is 8. The molecular weight excluding hydrogens is 407 g/mol. The zero-order valence-corrected chi connectivity index (χ0v) is 15.7. The first kappa shape index (κ1) is 20.9. The SMILES string of the molecule is CCOCCCN=C(N)NCCN1CCS(=O)(=O)CC1.I. The zero-order chi connectivity index (χ0) is 14.8. The molecule has 7 nitrogen and oxygen atoms in total. The highest BCUT2D eigenvalue weighted by Gasteiger charge is 2.20. The molecule has 0 atom stereocenters. The molecule has 0 aromatic heterocycles. The van der Waals surface area contributed by atoms with Gasteiger partial charge in [-0.3, -0.25) is 9.89 Å². The van der Waals surface area contributed by atoms with Crippen molar-refractivity contribution in [2.45, 2.75) is 13.3 Å². The van der Waals surface area contributed by atoms with E-state index in [0.29, 0.717) is 38.7 Å². The van der Waals surface area contributed by atoms with Crippen LogP contribution in [-0.4, -0.2) is 76.7 Å². The molecule has 3 N–H and O–H groups in total. The van der Waals surface area contributed by atoms with E-state index >= 15 is 0 Å². The molecule has 1 aliphatic rings. The molecule has 0 spiro atoms. The summed E-state index contributed by atoms with van der Waals surface area (Å²) >= 11 is 0. The van der Waals surface area contributed by atoms with Crippen LogP contribution in [0.2, 0.25) is 0 Å². The van der Waals surface area contributed by atoms with Gasteiger partial charge in [0, 0.05) is 45.9 Å².